The van der Waals surface area contributed by atoms with Gasteiger partial charge >= 0.3 is 0 Å². The van der Waals surface area contributed by atoms with Gasteiger partial charge < -0.3 is 9.64 Å². The third-order valence-corrected chi connectivity index (χ3v) is 7.66. The number of benzene rings is 1. The second-order valence-corrected chi connectivity index (χ2v) is 11.2. The monoisotopic (exact) mass is 457 g/mol. The molecular weight excluding hydrogens is 422 g/mol. The summed E-state index contributed by atoms with van der Waals surface area (Å²) >= 11 is 0. The number of pyridine rings is 1. The number of hydrogen-bond acceptors (Lipinski definition) is 5. The first kappa shape index (κ1) is 23.2. The summed E-state index contributed by atoms with van der Waals surface area (Å²) in [5.74, 6) is 1.63. The van der Waals surface area contributed by atoms with Crippen LogP contribution in [0.2, 0.25) is 0 Å². The van der Waals surface area contributed by atoms with Gasteiger partial charge in [0.15, 0.2) is 0 Å². The van der Waals surface area contributed by atoms with Crippen molar-refractivity contribution in [2.75, 3.05) is 24.3 Å². The summed E-state index contributed by atoms with van der Waals surface area (Å²) in [7, 11) is -3.28. The lowest BCUT2D eigenvalue weighted by Gasteiger charge is -2.44. The maximum absolute atomic E-state index is 12.0. The first-order valence-electron chi connectivity index (χ1n) is 11.7. The maximum Gasteiger partial charge on any atom is 0.208 e. The Balaban J connectivity index is 1.37. The molecule has 1 unspecified atom stereocenters. The van der Waals surface area contributed by atoms with E-state index in [1.807, 2.05) is 18.2 Å². The lowest BCUT2D eigenvalue weighted by molar-refractivity contribution is -0.00357. The molecule has 1 aliphatic carbocycles. The molecule has 2 aromatic rings. The normalized spacial score (nSPS) is 29.1. The molecule has 6 nitrogen and oxygen atoms in total. The Labute approximate surface area is 192 Å². The van der Waals surface area contributed by atoms with Gasteiger partial charge in [0.1, 0.15) is 5.82 Å². The van der Waals surface area contributed by atoms with E-state index in [9.17, 15) is 8.42 Å². The van der Waals surface area contributed by atoms with Gasteiger partial charge in [-0.3, -0.25) is 0 Å². The van der Waals surface area contributed by atoms with Crippen LogP contribution in [0.4, 0.5) is 5.82 Å². The van der Waals surface area contributed by atoms with Crippen LogP contribution in [-0.4, -0.2) is 51.0 Å². The van der Waals surface area contributed by atoms with E-state index in [2.05, 4.69) is 51.9 Å². The molecule has 0 radical (unpaired) electrons. The highest BCUT2D eigenvalue weighted by atomic mass is 32.2. The fourth-order valence-electron chi connectivity index (χ4n) is 5.23. The van der Waals surface area contributed by atoms with Crippen LogP contribution in [-0.2, 0) is 14.8 Å². The van der Waals surface area contributed by atoms with Crippen molar-refractivity contribution in [1.29, 1.82) is 0 Å². The molecule has 32 heavy (non-hydrogen) atoms. The minimum Gasteiger partial charge on any atom is -0.378 e. The van der Waals surface area contributed by atoms with Gasteiger partial charge in [0.05, 0.1) is 19.0 Å². The zero-order chi connectivity index (χ0) is 22.6. The SMILES string of the molecule is C[C@H]1CC(NS(C)(=O)=O)[C@H](COC2CCC(c3ccccc3)CC2)CN1c1ccccn1. The van der Waals surface area contributed by atoms with Crippen molar-refractivity contribution in [3.8, 4) is 0 Å². The summed E-state index contributed by atoms with van der Waals surface area (Å²) in [6.45, 7) is 3.42. The number of rotatable bonds is 7. The number of hydrogen-bond donors (Lipinski definition) is 1. The summed E-state index contributed by atoms with van der Waals surface area (Å²) in [6, 6.07) is 16.7. The van der Waals surface area contributed by atoms with Gasteiger partial charge in [-0.05, 0) is 62.6 Å². The van der Waals surface area contributed by atoms with Gasteiger partial charge in [-0.25, -0.2) is 18.1 Å². The molecular formula is C25H35N3O3S. The van der Waals surface area contributed by atoms with Crippen LogP contribution in [0, 0.1) is 5.92 Å². The predicted octanol–water partition coefficient (Wildman–Crippen LogP) is 3.96. The Morgan fingerprint density at radius 2 is 1.78 bits per heavy atom. The van der Waals surface area contributed by atoms with Gasteiger partial charge in [0.2, 0.25) is 10.0 Å². The maximum atomic E-state index is 12.0. The van der Waals surface area contributed by atoms with Gasteiger partial charge in [-0.2, -0.15) is 0 Å². The molecule has 1 saturated heterocycles. The minimum absolute atomic E-state index is 0.0785. The van der Waals surface area contributed by atoms with Gasteiger partial charge in [-0.1, -0.05) is 36.4 Å². The summed E-state index contributed by atoms with van der Waals surface area (Å²) in [6.07, 6.45) is 8.41. The second-order valence-electron chi connectivity index (χ2n) is 9.40. The molecule has 2 aliphatic rings. The van der Waals surface area contributed by atoms with Crippen molar-refractivity contribution in [2.24, 2.45) is 5.92 Å². The van der Waals surface area contributed by atoms with Crippen LogP contribution in [0.5, 0.6) is 0 Å². The first-order valence-corrected chi connectivity index (χ1v) is 13.6. The number of aromatic nitrogens is 1. The topological polar surface area (TPSA) is 71.5 Å². The van der Waals surface area contributed by atoms with Crippen LogP contribution >= 0.6 is 0 Å². The predicted molar refractivity (Wildman–Crippen MR) is 128 cm³/mol. The fraction of sp³-hybridized carbons (Fsp3) is 0.560. The smallest absolute Gasteiger partial charge is 0.208 e. The molecule has 2 fully saturated rings. The van der Waals surface area contributed by atoms with Crippen LogP contribution < -0.4 is 9.62 Å². The average Bonchev–Trinajstić information content (AvgIpc) is 2.79. The van der Waals surface area contributed by atoms with E-state index in [0.29, 0.717) is 12.5 Å². The lowest BCUT2D eigenvalue weighted by Crippen LogP contribution is -2.56. The molecule has 0 spiro atoms. The Kier molecular flexibility index (Phi) is 7.48. The van der Waals surface area contributed by atoms with Crippen molar-refractivity contribution in [3.05, 3.63) is 60.3 Å². The van der Waals surface area contributed by atoms with E-state index >= 15 is 0 Å². The molecule has 1 aromatic heterocycles. The molecule has 7 heteroatoms. The van der Waals surface area contributed by atoms with Crippen molar-refractivity contribution in [2.45, 2.75) is 63.1 Å². The standard InChI is InChI=1S/C25H35N3O3S/c1-19-16-24(27-32(2,29)30)22(17-28(19)25-10-6-7-15-26-25)18-31-23-13-11-21(12-14-23)20-8-4-3-5-9-20/h3-10,15,19,21-24,27H,11-14,16-18H2,1-2H3/t19-,21?,22-,23?,24?/m0/s1. The third kappa shape index (κ3) is 6.09. The molecule has 1 aliphatic heterocycles. The molecule has 4 rings (SSSR count). The molecule has 0 bridgehead atoms. The Morgan fingerprint density at radius 3 is 2.44 bits per heavy atom. The van der Waals surface area contributed by atoms with Crippen LogP contribution in [0.15, 0.2) is 54.7 Å². The van der Waals surface area contributed by atoms with Gasteiger partial charge in [0.25, 0.3) is 0 Å². The Morgan fingerprint density at radius 1 is 1.06 bits per heavy atom. The van der Waals surface area contributed by atoms with Crippen LogP contribution in [0.1, 0.15) is 50.5 Å². The van der Waals surface area contributed by atoms with Crippen molar-refractivity contribution in [3.63, 3.8) is 0 Å². The van der Waals surface area contributed by atoms with Gasteiger partial charge in [0, 0.05) is 30.7 Å². The van der Waals surface area contributed by atoms with Crippen molar-refractivity contribution < 1.29 is 13.2 Å². The Hall–Kier alpha value is -1.96. The molecule has 1 N–H and O–H groups in total. The molecule has 1 aromatic carbocycles. The summed E-state index contributed by atoms with van der Waals surface area (Å²) in [5, 5.41) is 0. The zero-order valence-electron chi connectivity index (χ0n) is 19.1. The van der Waals surface area contributed by atoms with E-state index in [4.69, 9.17) is 4.74 Å². The molecule has 174 valence electrons. The highest BCUT2D eigenvalue weighted by Gasteiger charge is 2.36. The highest BCUT2D eigenvalue weighted by molar-refractivity contribution is 7.88. The lowest BCUT2D eigenvalue weighted by atomic mass is 9.82. The first-order chi connectivity index (χ1) is 15.4. The van der Waals surface area contributed by atoms with E-state index < -0.39 is 10.0 Å². The number of nitrogens with zero attached hydrogens (tertiary/aromatic N) is 2. The number of sulfonamides is 1. The van der Waals surface area contributed by atoms with E-state index in [1.165, 1.54) is 11.8 Å². The molecule has 0 amide bonds. The number of ether oxygens (including phenoxy) is 1. The zero-order valence-corrected chi connectivity index (χ0v) is 19.9. The molecule has 2 heterocycles. The van der Waals surface area contributed by atoms with Crippen LogP contribution in [0.25, 0.3) is 0 Å². The average molecular weight is 458 g/mol. The summed E-state index contributed by atoms with van der Waals surface area (Å²) in [4.78, 5) is 6.80. The number of piperidine rings is 1. The summed E-state index contributed by atoms with van der Waals surface area (Å²) < 4.78 is 33.3. The quantitative estimate of drug-likeness (QED) is 0.681. The van der Waals surface area contributed by atoms with Crippen LogP contribution in [0.3, 0.4) is 0 Å². The van der Waals surface area contributed by atoms with E-state index in [0.717, 1.165) is 44.5 Å². The second kappa shape index (κ2) is 10.3. The van der Waals surface area contributed by atoms with E-state index in [-0.39, 0.29) is 24.1 Å². The van der Waals surface area contributed by atoms with Crippen molar-refractivity contribution in [1.82, 2.24) is 9.71 Å². The van der Waals surface area contributed by atoms with Crippen molar-refractivity contribution >= 4 is 15.8 Å². The highest BCUT2D eigenvalue weighted by Crippen LogP contribution is 2.35. The Bertz CT molecular complexity index is 947. The van der Waals surface area contributed by atoms with Gasteiger partial charge in [-0.15, -0.1) is 0 Å². The van der Waals surface area contributed by atoms with E-state index in [1.54, 1.807) is 6.20 Å². The third-order valence-electron chi connectivity index (χ3n) is 6.93. The fourth-order valence-corrected chi connectivity index (χ4v) is 6.06. The molecule has 1 saturated carbocycles. The number of nitrogens with one attached hydrogen (secondary N) is 1. The number of anilines is 1. The summed E-state index contributed by atoms with van der Waals surface area (Å²) in [5.41, 5.74) is 1.43. The minimum atomic E-state index is -3.28. The largest absolute Gasteiger partial charge is 0.378 e. The molecule has 3 atom stereocenters.